The zero-order chi connectivity index (χ0) is 23.2. The van der Waals surface area contributed by atoms with Gasteiger partial charge in [0, 0.05) is 41.9 Å². The summed E-state index contributed by atoms with van der Waals surface area (Å²) in [5.41, 5.74) is 1.99. The molecule has 0 spiro atoms. The summed E-state index contributed by atoms with van der Waals surface area (Å²) >= 11 is 0. The van der Waals surface area contributed by atoms with Crippen LogP contribution < -0.4 is 10.6 Å². The van der Waals surface area contributed by atoms with Crippen LogP contribution in [0.5, 0.6) is 0 Å². The molecule has 0 aliphatic heterocycles. The normalized spacial score (nSPS) is 21.8. The number of rotatable bonds is 7. The number of fused-ring (bicyclic) bond motifs is 1. The van der Waals surface area contributed by atoms with Gasteiger partial charge in [0.15, 0.2) is 21.5 Å². The molecule has 2 saturated carbocycles. The molecule has 3 aromatic rings. The highest BCUT2D eigenvalue weighted by atomic mass is 32.2. The molecule has 0 unspecified atom stereocenters. The average molecular weight is 474 g/mol. The first kappa shape index (κ1) is 21.7. The number of amides is 1. The van der Waals surface area contributed by atoms with Crippen molar-refractivity contribution < 1.29 is 17.9 Å². The van der Waals surface area contributed by atoms with Gasteiger partial charge < -0.3 is 15.4 Å². The highest BCUT2D eigenvalue weighted by Gasteiger charge is 2.40. The van der Waals surface area contributed by atoms with Crippen LogP contribution >= 0.6 is 0 Å². The van der Waals surface area contributed by atoms with Crippen LogP contribution in [0.2, 0.25) is 0 Å². The van der Waals surface area contributed by atoms with Gasteiger partial charge in [-0.3, -0.25) is 5.10 Å². The molecule has 11 nitrogen and oxygen atoms in total. The molecule has 33 heavy (non-hydrogen) atoms. The van der Waals surface area contributed by atoms with Crippen molar-refractivity contribution in [1.82, 2.24) is 30.1 Å². The van der Waals surface area contributed by atoms with Crippen LogP contribution in [0.1, 0.15) is 56.3 Å². The number of carbonyl (C=O) groups is 1. The molecule has 0 saturated heterocycles. The highest BCUT2D eigenvalue weighted by Crippen LogP contribution is 2.37. The van der Waals surface area contributed by atoms with E-state index >= 15 is 0 Å². The van der Waals surface area contributed by atoms with Crippen molar-refractivity contribution >= 4 is 33.1 Å². The molecule has 1 amide bonds. The Labute approximate surface area is 191 Å². The number of H-pyrrole nitrogens is 1. The topological polar surface area (TPSA) is 143 Å². The lowest BCUT2D eigenvalue weighted by molar-refractivity contribution is 0.0967. The first-order chi connectivity index (χ1) is 15.7. The summed E-state index contributed by atoms with van der Waals surface area (Å²) in [6, 6.07) is 3.63. The van der Waals surface area contributed by atoms with E-state index in [0.717, 1.165) is 37.8 Å². The van der Waals surface area contributed by atoms with Crippen LogP contribution in [0, 0.1) is 0 Å². The van der Waals surface area contributed by atoms with Crippen LogP contribution in [-0.2, 0) is 20.3 Å². The molecular weight excluding hydrogens is 446 g/mol. The number of anilines is 2. The number of carbonyl (C=O) groups excluding carboxylic acids is 1. The minimum Gasteiger partial charge on any atom is -0.446 e. The first-order valence-electron chi connectivity index (χ1n) is 11.0. The lowest BCUT2D eigenvalue weighted by Gasteiger charge is -2.16. The number of alkyl carbamates (subject to hydrolysis) is 1. The van der Waals surface area contributed by atoms with E-state index < -0.39 is 9.84 Å². The molecule has 2 aliphatic rings. The van der Waals surface area contributed by atoms with Crippen molar-refractivity contribution in [2.45, 2.75) is 62.3 Å². The van der Waals surface area contributed by atoms with Crippen LogP contribution in [-0.4, -0.2) is 57.2 Å². The van der Waals surface area contributed by atoms with Crippen molar-refractivity contribution in [1.29, 1.82) is 0 Å². The lowest BCUT2D eigenvalue weighted by Crippen LogP contribution is -2.36. The molecule has 2 aliphatic carbocycles. The predicted octanol–water partition coefficient (Wildman–Crippen LogP) is 2.66. The van der Waals surface area contributed by atoms with E-state index in [9.17, 15) is 13.2 Å². The summed E-state index contributed by atoms with van der Waals surface area (Å²) in [7, 11) is -3.19. The number of hydrogen-bond acceptors (Lipinski definition) is 8. The molecule has 0 bridgehead atoms. The van der Waals surface area contributed by atoms with Crippen LogP contribution in [0.3, 0.4) is 0 Å². The Kier molecular flexibility index (Phi) is 5.26. The van der Waals surface area contributed by atoms with Gasteiger partial charge >= 0.3 is 6.09 Å². The molecule has 176 valence electrons. The number of aromatic amines is 1. The predicted molar refractivity (Wildman–Crippen MR) is 121 cm³/mol. The maximum absolute atomic E-state index is 12.1. The van der Waals surface area contributed by atoms with Crippen molar-refractivity contribution in [3.63, 3.8) is 0 Å². The molecule has 5 rings (SSSR count). The summed E-state index contributed by atoms with van der Waals surface area (Å²) in [6.07, 6.45) is 8.47. The quantitative estimate of drug-likeness (QED) is 0.475. The van der Waals surface area contributed by atoms with Crippen LogP contribution in [0.25, 0.3) is 5.52 Å². The maximum atomic E-state index is 12.1. The standard InChI is InChI=1S/C21H27N7O4S/c1-21(5-6-21)24-20(29)32-15-4-3-13(9-15)16-11-18(26-25-16)23-19-17-10-14(12-33(2,30)31)27-28(17)8-7-22-19/h7-8,10-11,13,15H,3-6,9,12H2,1-2H3,(H,24,29)(H2,22,23,25,26)/t13-,15+/m0/s1. The zero-order valence-electron chi connectivity index (χ0n) is 18.5. The summed E-state index contributed by atoms with van der Waals surface area (Å²) < 4.78 is 30.4. The summed E-state index contributed by atoms with van der Waals surface area (Å²) in [5, 5.41) is 17.9. The van der Waals surface area contributed by atoms with E-state index in [-0.39, 0.29) is 29.4 Å². The molecule has 3 N–H and O–H groups in total. The Morgan fingerprint density at radius 1 is 1.33 bits per heavy atom. The largest absolute Gasteiger partial charge is 0.446 e. The molecule has 0 radical (unpaired) electrons. The first-order valence-corrected chi connectivity index (χ1v) is 13.0. The average Bonchev–Trinajstić information content (AvgIpc) is 3.12. The van der Waals surface area contributed by atoms with E-state index in [2.05, 4.69) is 30.9 Å². The molecule has 0 aromatic carbocycles. The molecule has 2 atom stereocenters. The second kappa shape index (κ2) is 8.01. The fourth-order valence-electron chi connectivity index (χ4n) is 4.21. The number of nitrogens with zero attached hydrogens (tertiary/aromatic N) is 4. The van der Waals surface area contributed by atoms with Crippen molar-refractivity contribution in [3.05, 3.63) is 35.9 Å². The van der Waals surface area contributed by atoms with E-state index in [0.29, 0.717) is 22.8 Å². The number of ether oxygens (including phenoxy) is 1. The van der Waals surface area contributed by atoms with E-state index in [1.165, 1.54) is 6.26 Å². The van der Waals surface area contributed by atoms with Gasteiger partial charge in [-0.25, -0.2) is 22.7 Å². The number of nitrogens with one attached hydrogen (secondary N) is 3. The van der Waals surface area contributed by atoms with E-state index in [4.69, 9.17) is 4.74 Å². The van der Waals surface area contributed by atoms with Crippen molar-refractivity contribution in [2.75, 3.05) is 11.6 Å². The summed E-state index contributed by atoms with van der Waals surface area (Å²) in [5.74, 6) is 1.21. The number of hydrogen-bond donors (Lipinski definition) is 3. The van der Waals surface area contributed by atoms with Gasteiger partial charge in [0.1, 0.15) is 11.6 Å². The summed E-state index contributed by atoms with van der Waals surface area (Å²) in [4.78, 5) is 16.4. The smallest absolute Gasteiger partial charge is 0.407 e. The second-order valence-corrected chi connectivity index (χ2v) is 11.5. The van der Waals surface area contributed by atoms with Crippen molar-refractivity contribution in [3.8, 4) is 0 Å². The fraction of sp³-hybridized carbons (Fsp3) is 0.524. The van der Waals surface area contributed by atoms with Gasteiger partial charge in [-0.1, -0.05) is 0 Å². The van der Waals surface area contributed by atoms with Gasteiger partial charge in [0.25, 0.3) is 0 Å². The SMILES string of the molecule is CC1(NC(=O)O[C@@H]2CC[C@H](c3cc(Nc4nccn5nc(CS(C)(=O)=O)cc45)n[nH]3)C2)CC1. The Morgan fingerprint density at radius 3 is 2.91 bits per heavy atom. The van der Waals surface area contributed by atoms with E-state index in [1.54, 1.807) is 23.0 Å². The van der Waals surface area contributed by atoms with E-state index in [1.807, 2.05) is 13.0 Å². The zero-order valence-corrected chi connectivity index (χ0v) is 19.4. The minimum absolute atomic E-state index is 0.0863. The molecule has 12 heteroatoms. The van der Waals surface area contributed by atoms with Crippen LogP contribution in [0.15, 0.2) is 24.5 Å². The number of sulfone groups is 1. The third-order valence-electron chi connectivity index (χ3n) is 6.20. The Balaban J connectivity index is 1.23. The monoisotopic (exact) mass is 473 g/mol. The number of aromatic nitrogens is 5. The van der Waals surface area contributed by atoms with Gasteiger partial charge in [-0.15, -0.1) is 0 Å². The maximum Gasteiger partial charge on any atom is 0.407 e. The minimum atomic E-state index is -3.19. The lowest BCUT2D eigenvalue weighted by atomic mass is 10.0. The molecule has 2 fully saturated rings. The van der Waals surface area contributed by atoms with Gasteiger partial charge in [-0.05, 0) is 45.1 Å². The van der Waals surface area contributed by atoms with Gasteiger partial charge in [0.2, 0.25) is 0 Å². The molecule has 3 aromatic heterocycles. The Hall–Kier alpha value is -3.15. The highest BCUT2D eigenvalue weighted by molar-refractivity contribution is 7.89. The Bertz CT molecular complexity index is 1290. The van der Waals surface area contributed by atoms with Gasteiger partial charge in [-0.2, -0.15) is 10.2 Å². The molecule has 3 heterocycles. The Morgan fingerprint density at radius 2 is 2.15 bits per heavy atom. The summed E-state index contributed by atoms with van der Waals surface area (Å²) in [6.45, 7) is 2.02. The third kappa shape index (κ3) is 5.10. The van der Waals surface area contributed by atoms with Gasteiger partial charge in [0.05, 0.1) is 11.4 Å². The van der Waals surface area contributed by atoms with Crippen LogP contribution in [0.4, 0.5) is 16.4 Å². The fourth-order valence-corrected chi connectivity index (χ4v) is 4.89. The van der Waals surface area contributed by atoms with Crippen molar-refractivity contribution in [2.24, 2.45) is 0 Å². The second-order valence-electron chi connectivity index (χ2n) is 9.37. The molecular formula is C21H27N7O4S. The third-order valence-corrected chi connectivity index (χ3v) is 7.02.